The number of rotatable bonds is 8. The number of aromatic nitrogens is 1. The van der Waals surface area contributed by atoms with Crippen LogP contribution in [-0.4, -0.2) is 35.9 Å². The molecule has 0 saturated carbocycles. The van der Waals surface area contributed by atoms with Crippen molar-refractivity contribution in [2.75, 3.05) is 13.7 Å². The number of hydrogen-bond donors (Lipinski definition) is 2. The lowest BCUT2D eigenvalue weighted by Crippen LogP contribution is -2.32. The average molecular weight is 407 g/mol. The van der Waals surface area contributed by atoms with Gasteiger partial charge in [0, 0.05) is 23.9 Å². The van der Waals surface area contributed by atoms with Crippen LogP contribution in [0.2, 0.25) is 5.15 Å². The van der Waals surface area contributed by atoms with Crippen molar-refractivity contribution >= 4 is 52.0 Å². The molecule has 0 atom stereocenters. The number of halogens is 1. The fraction of sp³-hybridized carbons (Fsp3) is 0.368. The summed E-state index contributed by atoms with van der Waals surface area (Å²) < 4.78 is 4.60. The number of nitrogens with one attached hydrogen (secondary N) is 2. The lowest BCUT2D eigenvalue weighted by molar-refractivity contribution is -0.140. The number of hydrogen-bond acceptors (Lipinski definition) is 5. The molecule has 8 heteroatoms. The summed E-state index contributed by atoms with van der Waals surface area (Å²) in [6.07, 6.45) is 4.68. The number of aryl methyl sites for hydroxylation is 1. The van der Waals surface area contributed by atoms with Gasteiger partial charge in [-0.25, -0.2) is 4.98 Å². The third-order valence-electron chi connectivity index (χ3n) is 3.97. The highest BCUT2D eigenvalue weighted by Crippen LogP contribution is 2.21. The van der Waals surface area contributed by atoms with Crippen LogP contribution in [0, 0.1) is 6.92 Å². The Morgan fingerprint density at radius 3 is 2.96 bits per heavy atom. The molecule has 0 fully saturated rings. The van der Waals surface area contributed by atoms with Crippen molar-refractivity contribution in [3.8, 4) is 0 Å². The molecule has 27 heavy (non-hydrogen) atoms. The molecule has 2 rings (SSSR count). The molecular weight excluding hydrogens is 384 g/mol. The van der Waals surface area contributed by atoms with Crippen LogP contribution in [0.1, 0.15) is 36.8 Å². The van der Waals surface area contributed by atoms with Crippen molar-refractivity contribution in [3.05, 3.63) is 40.5 Å². The zero-order valence-electron chi connectivity index (χ0n) is 15.4. The quantitative estimate of drug-likeness (QED) is 0.174. The van der Waals surface area contributed by atoms with E-state index in [0.717, 1.165) is 35.7 Å². The molecule has 0 aliphatic heterocycles. The summed E-state index contributed by atoms with van der Waals surface area (Å²) in [5.41, 5.74) is 5.44. The molecule has 0 radical (unpaired) electrons. The minimum Gasteiger partial charge on any atom is -0.469 e. The highest BCUT2D eigenvalue weighted by Gasteiger charge is 2.05. The van der Waals surface area contributed by atoms with E-state index in [4.69, 9.17) is 23.8 Å². The van der Waals surface area contributed by atoms with Gasteiger partial charge in [-0.3, -0.25) is 10.2 Å². The number of fused-ring (bicyclic) bond motifs is 1. The molecule has 6 nitrogen and oxygen atoms in total. The van der Waals surface area contributed by atoms with Gasteiger partial charge >= 0.3 is 5.97 Å². The summed E-state index contributed by atoms with van der Waals surface area (Å²) in [6, 6.07) is 7.92. The molecule has 2 N–H and O–H groups in total. The summed E-state index contributed by atoms with van der Waals surface area (Å²) in [6.45, 7) is 2.71. The van der Waals surface area contributed by atoms with Crippen LogP contribution in [-0.2, 0) is 9.53 Å². The first kappa shape index (κ1) is 21.1. The summed E-state index contributed by atoms with van der Waals surface area (Å²) in [5, 5.41) is 9.01. The molecule has 0 saturated heterocycles. The fourth-order valence-electron chi connectivity index (χ4n) is 2.51. The van der Waals surface area contributed by atoms with Gasteiger partial charge in [-0.15, -0.1) is 0 Å². The van der Waals surface area contributed by atoms with Gasteiger partial charge in [0.25, 0.3) is 0 Å². The number of carbonyl (C=O) groups excluding carboxylic acids is 1. The number of thiocarbonyl (C=S) groups is 1. The van der Waals surface area contributed by atoms with E-state index in [1.807, 2.05) is 31.2 Å². The Bertz CT molecular complexity index is 842. The summed E-state index contributed by atoms with van der Waals surface area (Å²) in [4.78, 5) is 15.4. The number of ether oxygens (including phenoxy) is 1. The minimum absolute atomic E-state index is 0.175. The van der Waals surface area contributed by atoms with Crippen LogP contribution in [0.3, 0.4) is 0 Å². The van der Waals surface area contributed by atoms with Crippen molar-refractivity contribution in [2.24, 2.45) is 5.10 Å². The van der Waals surface area contributed by atoms with Crippen molar-refractivity contribution in [1.29, 1.82) is 0 Å². The van der Waals surface area contributed by atoms with E-state index >= 15 is 0 Å². The second kappa shape index (κ2) is 10.8. The molecule has 0 unspecified atom stereocenters. The van der Waals surface area contributed by atoms with E-state index < -0.39 is 0 Å². The van der Waals surface area contributed by atoms with Gasteiger partial charge in [0.1, 0.15) is 5.15 Å². The molecule has 0 aliphatic rings. The van der Waals surface area contributed by atoms with Crippen LogP contribution in [0.15, 0.2) is 29.4 Å². The van der Waals surface area contributed by atoms with E-state index in [0.29, 0.717) is 28.8 Å². The van der Waals surface area contributed by atoms with Gasteiger partial charge in [0.15, 0.2) is 5.11 Å². The molecule has 2 aromatic rings. The van der Waals surface area contributed by atoms with Crippen LogP contribution in [0.4, 0.5) is 0 Å². The van der Waals surface area contributed by atoms with Crippen molar-refractivity contribution in [3.63, 3.8) is 0 Å². The maximum Gasteiger partial charge on any atom is 0.305 e. The molecular formula is C19H23ClN4O2S. The largest absolute Gasteiger partial charge is 0.469 e. The molecule has 0 spiro atoms. The number of nitrogens with zero attached hydrogens (tertiary/aromatic N) is 2. The number of hydrazone groups is 1. The molecule has 1 heterocycles. The Labute approximate surface area is 169 Å². The number of para-hydroxylation sites is 1. The van der Waals surface area contributed by atoms with Crippen LogP contribution >= 0.6 is 23.8 Å². The third kappa shape index (κ3) is 6.77. The zero-order chi connectivity index (χ0) is 19.6. The predicted octanol–water partition coefficient (Wildman–Crippen LogP) is 3.73. The second-order valence-electron chi connectivity index (χ2n) is 6.03. The highest BCUT2D eigenvalue weighted by atomic mass is 35.5. The molecule has 0 amide bonds. The van der Waals surface area contributed by atoms with Gasteiger partial charge in [-0.1, -0.05) is 36.2 Å². The Kier molecular flexibility index (Phi) is 8.42. The maximum absolute atomic E-state index is 11.0. The lowest BCUT2D eigenvalue weighted by atomic mass is 10.1. The van der Waals surface area contributed by atoms with Gasteiger partial charge < -0.3 is 10.1 Å². The smallest absolute Gasteiger partial charge is 0.305 e. The average Bonchev–Trinajstić information content (AvgIpc) is 2.65. The summed E-state index contributed by atoms with van der Waals surface area (Å²) in [7, 11) is 1.40. The van der Waals surface area contributed by atoms with Gasteiger partial charge in [0.05, 0.1) is 18.8 Å². The van der Waals surface area contributed by atoms with Crippen molar-refractivity contribution in [2.45, 2.75) is 32.6 Å². The second-order valence-corrected chi connectivity index (χ2v) is 6.79. The number of carbonyl (C=O) groups is 1. The number of unbranched alkanes of at least 4 members (excludes halogenated alkanes) is 2. The minimum atomic E-state index is -0.175. The Morgan fingerprint density at radius 1 is 1.37 bits per heavy atom. The van der Waals surface area contributed by atoms with Gasteiger partial charge in [-0.05, 0) is 43.6 Å². The highest BCUT2D eigenvalue weighted by molar-refractivity contribution is 7.80. The molecule has 0 bridgehead atoms. The van der Waals surface area contributed by atoms with E-state index in [1.165, 1.54) is 7.11 Å². The molecule has 1 aromatic heterocycles. The van der Waals surface area contributed by atoms with E-state index in [9.17, 15) is 4.79 Å². The topological polar surface area (TPSA) is 75.6 Å². The van der Waals surface area contributed by atoms with Crippen LogP contribution in [0.5, 0.6) is 0 Å². The Hall–Kier alpha value is -2.25. The molecule has 1 aromatic carbocycles. The molecule has 144 valence electrons. The van der Waals surface area contributed by atoms with Crippen molar-refractivity contribution < 1.29 is 9.53 Å². The Morgan fingerprint density at radius 2 is 2.19 bits per heavy atom. The SMILES string of the molecule is COC(=O)CCCCCNC(=S)N/N=C\c1cc2cccc(C)c2nc1Cl. The van der Waals surface area contributed by atoms with Crippen molar-refractivity contribution in [1.82, 2.24) is 15.7 Å². The first-order chi connectivity index (χ1) is 13.0. The molecule has 0 aliphatic carbocycles. The van der Waals surface area contributed by atoms with Gasteiger partial charge in [0.2, 0.25) is 0 Å². The number of benzene rings is 1. The predicted molar refractivity (Wildman–Crippen MR) is 113 cm³/mol. The van der Waals surface area contributed by atoms with E-state index in [2.05, 4.69) is 25.6 Å². The summed E-state index contributed by atoms with van der Waals surface area (Å²) in [5.74, 6) is -0.175. The fourth-order valence-corrected chi connectivity index (χ4v) is 2.85. The standard InChI is InChI=1S/C19H23ClN4O2S/c1-13-7-6-8-14-11-15(18(20)23-17(13)14)12-22-24-19(27)21-10-5-3-4-9-16(25)26-2/h6-8,11-12H,3-5,9-10H2,1-2H3,(H2,21,24,27)/b22-12-. The van der Waals surface area contributed by atoms with Crippen LogP contribution < -0.4 is 10.7 Å². The van der Waals surface area contributed by atoms with E-state index in [-0.39, 0.29) is 5.97 Å². The first-order valence-corrected chi connectivity index (χ1v) is 9.49. The number of esters is 1. The first-order valence-electron chi connectivity index (χ1n) is 8.71. The zero-order valence-corrected chi connectivity index (χ0v) is 17.0. The van der Waals surface area contributed by atoms with E-state index in [1.54, 1.807) is 6.21 Å². The third-order valence-corrected chi connectivity index (χ3v) is 4.51. The van der Waals surface area contributed by atoms with Crippen LogP contribution in [0.25, 0.3) is 10.9 Å². The maximum atomic E-state index is 11.0. The normalized spacial score (nSPS) is 10.9. The summed E-state index contributed by atoms with van der Waals surface area (Å²) >= 11 is 11.4. The lowest BCUT2D eigenvalue weighted by Gasteiger charge is -2.07. The number of pyridine rings is 1. The monoisotopic (exact) mass is 406 g/mol. The van der Waals surface area contributed by atoms with Gasteiger partial charge in [-0.2, -0.15) is 5.10 Å². The number of methoxy groups -OCH3 is 1. The Balaban J connectivity index is 1.76.